The molecule has 2 bridgehead atoms. The lowest BCUT2D eigenvalue weighted by molar-refractivity contribution is -0.192. The maximum absolute atomic E-state index is 10.6. The van der Waals surface area contributed by atoms with Gasteiger partial charge in [-0.05, 0) is 66.9 Å². The standard InChI is InChI=1S/C19H19N3OS.C2HF3O2/c1-3-18-15(7-10-24-18)11-14(1)16-2-4-19(21-20-16)23-17-12-22-8-5-13(17)6-9-22;3-2(4,5)1(6)7/h1-4,7,10-11,13,17H,5-6,8-9,12H2;(H,6,7)/t17-;/m0./s1. The molecule has 164 valence electrons. The van der Waals surface area contributed by atoms with Gasteiger partial charge in [-0.25, -0.2) is 4.79 Å². The number of ether oxygens (including phenoxy) is 1. The van der Waals surface area contributed by atoms with Crippen molar-refractivity contribution in [2.24, 2.45) is 5.92 Å². The maximum atomic E-state index is 10.6. The van der Waals surface area contributed by atoms with E-state index < -0.39 is 12.1 Å². The Morgan fingerprint density at radius 2 is 1.87 bits per heavy atom. The van der Waals surface area contributed by atoms with Crippen LogP contribution >= 0.6 is 11.3 Å². The van der Waals surface area contributed by atoms with Gasteiger partial charge in [-0.3, -0.25) is 4.90 Å². The third-order valence-electron chi connectivity index (χ3n) is 5.50. The number of aromatic nitrogens is 2. The lowest BCUT2D eigenvalue weighted by Crippen LogP contribution is -2.52. The first kappa shape index (κ1) is 21.5. The van der Waals surface area contributed by atoms with Crippen molar-refractivity contribution in [3.8, 4) is 17.1 Å². The summed E-state index contributed by atoms with van der Waals surface area (Å²) in [5.74, 6) is -1.43. The molecule has 0 saturated carbocycles. The molecular formula is C21H20F3N3O3S. The molecule has 0 radical (unpaired) electrons. The molecule has 3 aromatic rings. The van der Waals surface area contributed by atoms with E-state index in [-0.39, 0.29) is 6.10 Å². The number of fused-ring (bicyclic) bond motifs is 4. The summed E-state index contributed by atoms with van der Waals surface area (Å²) >= 11 is 1.76. The van der Waals surface area contributed by atoms with Crippen LogP contribution in [0.2, 0.25) is 0 Å². The van der Waals surface area contributed by atoms with E-state index in [9.17, 15) is 13.2 Å². The number of hydrogen-bond donors (Lipinski definition) is 1. The summed E-state index contributed by atoms with van der Waals surface area (Å²) in [6.45, 7) is 3.48. The van der Waals surface area contributed by atoms with Crippen LogP contribution in [0.25, 0.3) is 21.3 Å². The summed E-state index contributed by atoms with van der Waals surface area (Å²) in [7, 11) is 0. The molecule has 3 aliphatic heterocycles. The van der Waals surface area contributed by atoms with Crippen LogP contribution in [0.3, 0.4) is 0 Å². The van der Waals surface area contributed by atoms with Gasteiger partial charge >= 0.3 is 12.1 Å². The third-order valence-corrected chi connectivity index (χ3v) is 6.40. The van der Waals surface area contributed by atoms with Crippen LogP contribution in [-0.2, 0) is 4.79 Å². The smallest absolute Gasteiger partial charge is 0.475 e. The van der Waals surface area contributed by atoms with Gasteiger partial charge in [0.25, 0.3) is 0 Å². The van der Waals surface area contributed by atoms with Crippen molar-refractivity contribution < 1.29 is 27.8 Å². The summed E-state index contributed by atoms with van der Waals surface area (Å²) in [5, 5.41) is 19.2. The first-order valence-corrected chi connectivity index (χ1v) is 10.7. The molecule has 6 rings (SSSR count). The molecule has 6 nitrogen and oxygen atoms in total. The molecule has 0 amide bonds. The van der Waals surface area contributed by atoms with E-state index in [0.717, 1.165) is 17.8 Å². The highest BCUT2D eigenvalue weighted by atomic mass is 32.1. The first-order chi connectivity index (χ1) is 14.8. The quantitative estimate of drug-likeness (QED) is 0.634. The topological polar surface area (TPSA) is 75.6 Å². The van der Waals surface area contributed by atoms with Crippen LogP contribution in [0.15, 0.2) is 41.8 Å². The minimum Gasteiger partial charge on any atom is -0.475 e. The molecule has 5 heterocycles. The number of carbonyl (C=O) groups is 1. The van der Waals surface area contributed by atoms with Crippen molar-refractivity contribution in [2.45, 2.75) is 25.1 Å². The summed E-state index contributed by atoms with van der Waals surface area (Å²) in [4.78, 5) is 11.4. The molecular weight excluding hydrogens is 431 g/mol. The van der Waals surface area contributed by atoms with Crippen LogP contribution in [-0.4, -0.2) is 58.1 Å². The summed E-state index contributed by atoms with van der Waals surface area (Å²) in [6, 6.07) is 12.5. The predicted molar refractivity (Wildman–Crippen MR) is 110 cm³/mol. The molecule has 10 heteroatoms. The summed E-state index contributed by atoms with van der Waals surface area (Å²) < 4.78 is 39.2. The maximum Gasteiger partial charge on any atom is 0.490 e. The number of alkyl halides is 3. The van der Waals surface area contributed by atoms with E-state index in [0.29, 0.717) is 11.8 Å². The first-order valence-electron chi connectivity index (χ1n) is 9.80. The zero-order valence-corrected chi connectivity index (χ0v) is 17.2. The Labute approximate surface area is 180 Å². The molecule has 0 aliphatic carbocycles. The Bertz CT molecular complexity index is 1050. The molecule has 2 aromatic heterocycles. The van der Waals surface area contributed by atoms with E-state index in [4.69, 9.17) is 14.6 Å². The molecule has 31 heavy (non-hydrogen) atoms. The summed E-state index contributed by atoms with van der Waals surface area (Å²) in [5.41, 5.74) is 1.99. The molecule has 1 N–H and O–H groups in total. The lowest BCUT2D eigenvalue weighted by Gasteiger charge is -2.44. The fraction of sp³-hybridized carbons (Fsp3) is 0.381. The number of rotatable bonds is 3. The second-order valence-electron chi connectivity index (χ2n) is 7.53. The van der Waals surface area contributed by atoms with Gasteiger partial charge < -0.3 is 9.84 Å². The SMILES string of the molecule is O=C(O)C(F)(F)F.c1cc2cc(-c3ccc(O[C@H]4CN5CCC4CC5)nn3)ccc2s1. The number of benzene rings is 1. The Kier molecular flexibility index (Phi) is 6.10. The van der Waals surface area contributed by atoms with E-state index >= 15 is 0 Å². The van der Waals surface area contributed by atoms with Crippen LogP contribution in [0.5, 0.6) is 5.88 Å². The van der Waals surface area contributed by atoms with Crippen molar-refractivity contribution in [1.29, 1.82) is 0 Å². The Morgan fingerprint density at radius 3 is 2.45 bits per heavy atom. The Morgan fingerprint density at radius 1 is 1.13 bits per heavy atom. The van der Waals surface area contributed by atoms with Gasteiger partial charge in [-0.1, -0.05) is 6.07 Å². The summed E-state index contributed by atoms with van der Waals surface area (Å²) in [6.07, 6.45) is -2.32. The molecule has 3 saturated heterocycles. The van der Waals surface area contributed by atoms with Crippen LogP contribution < -0.4 is 4.74 Å². The zero-order valence-electron chi connectivity index (χ0n) is 16.4. The molecule has 3 fully saturated rings. The minimum atomic E-state index is -5.08. The zero-order chi connectivity index (χ0) is 22.0. The second kappa shape index (κ2) is 8.80. The lowest BCUT2D eigenvalue weighted by atomic mass is 9.86. The molecule has 0 spiro atoms. The minimum absolute atomic E-state index is 0.273. The number of carboxylic acid groups (broad SMARTS) is 1. The van der Waals surface area contributed by atoms with Gasteiger partial charge in [-0.2, -0.15) is 13.2 Å². The Hall–Kier alpha value is -2.72. The van der Waals surface area contributed by atoms with Gasteiger partial charge in [0, 0.05) is 22.9 Å². The van der Waals surface area contributed by atoms with Crippen molar-refractivity contribution >= 4 is 27.4 Å². The number of thiophene rings is 1. The van der Waals surface area contributed by atoms with E-state index in [1.807, 2.05) is 12.1 Å². The normalized spacial score (nSPS) is 22.6. The van der Waals surface area contributed by atoms with Gasteiger partial charge in [0.05, 0.1) is 5.69 Å². The van der Waals surface area contributed by atoms with Crippen molar-refractivity contribution in [1.82, 2.24) is 15.1 Å². The highest BCUT2D eigenvalue weighted by Gasteiger charge is 2.38. The number of piperidine rings is 3. The number of aliphatic carboxylic acids is 1. The van der Waals surface area contributed by atoms with Gasteiger partial charge in [0.15, 0.2) is 0 Å². The average Bonchev–Trinajstić information content (AvgIpc) is 3.23. The van der Waals surface area contributed by atoms with Gasteiger partial charge in [-0.15, -0.1) is 21.5 Å². The molecule has 1 atom stereocenters. The number of hydrogen-bond acceptors (Lipinski definition) is 6. The van der Waals surface area contributed by atoms with Crippen molar-refractivity contribution in [2.75, 3.05) is 19.6 Å². The van der Waals surface area contributed by atoms with Crippen LogP contribution in [0.4, 0.5) is 13.2 Å². The van der Waals surface area contributed by atoms with Gasteiger partial charge in [0.1, 0.15) is 6.10 Å². The largest absolute Gasteiger partial charge is 0.490 e. The predicted octanol–water partition coefficient (Wildman–Crippen LogP) is 4.46. The third kappa shape index (κ3) is 5.13. The number of carboxylic acids is 1. The second-order valence-corrected chi connectivity index (χ2v) is 8.47. The molecule has 1 aromatic carbocycles. The number of nitrogens with zero attached hydrogens (tertiary/aromatic N) is 3. The fourth-order valence-corrected chi connectivity index (χ4v) is 4.63. The fourth-order valence-electron chi connectivity index (χ4n) is 3.86. The van der Waals surface area contributed by atoms with E-state index in [1.165, 1.54) is 36.0 Å². The highest BCUT2D eigenvalue weighted by molar-refractivity contribution is 7.17. The van der Waals surface area contributed by atoms with Crippen LogP contribution in [0, 0.1) is 5.92 Å². The van der Waals surface area contributed by atoms with Crippen LogP contribution in [0.1, 0.15) is 12.8 Å². The number of halogens is 3. The van der Waals surface area contributed by atoms with Crippen molar-refractivity contribution in [3.05, 3.63) is 41.8 Å². The highest BCUT2D eigenvalue weighted by Crippen LogP contribution is 2.31. The van der Waals surface area contributed by atoms with Crippen molar-refractivity contribution in [3.63, 3.8) is 0 Å². The average molecular weight is 451 g/mol. The van der Waals surface area contributed by atoms with E-state index in [2.05, 4.69) is 44.7 Å². The Balaban J connectivity index is 0.000000289. The molecule has 0 unspecified atom stereocenters. The van der Waals surface area contributed by atoms with Gasteiger partial charge in [0.2, 0.25) is 5.88 Å². The molecule has 3 aliphatic rings. The monoisotopic (exact) mass is 451 g/mol. The van der Waals surface area contributed by atoms with E-state index in [1.54, 1.807) is 11.3 Å².